The molecule has 1 aromatic rings. The van der Waals surface area contributed by atoms with E-state index in [4.69, 9.17) is 0 Å². The largest absolute Gasteiger partial charge is 0.429 e. The highest BCUT2D eigenvalue weighted by molar-refractivity contribution is 6.58. The second-order valence-electron chi connectivity index (χ2n) is 9.08. The number of halogens is 4. The maximum atomic E-state index is 14.0. The molecular weight excluding hydrogens is 396 g/mol. The predicted molar refractivity (Wildman–Crippen MR) is 112 cm³/mol. The fourth-order valence-corrected chi connectivity index (χ4v) is 9.10. The molecule has 6 heteroatoms. The summed E-state index contributed by atoms with van der Waals surface area (Å²) in [7, 11) is -0.488. The number of benzene rings is 1. The molecule has 0 unspecified atom stereocenters. The first-order valence-electron chi connectivity index (χ1n) is 11.4. The molecule has 1 aromatic carbocycles. The third-order valence-electron chi connectivity index (χ3n) is 7.24. The molecular formula is C23H34F4OSi. The molecule has 0 aromatic heterocycles. The highest BCUT2D eigenvalue weighted by atomic mass is 28.3. The van der Waals surface area contributed by atoms with Crippen molar-refractivity contribution >= 4 is 8.80 Å². The minimum atomic E-state index is -3.23. The van der Waals surface area contributed by atoms with Gasteiger partial charge in [0, 0.05) is 8.80 Å². The van der Waals surface area contributed by atoms with Crippen molar-refractivity contribution in [1.29, 1.82) is 0 Å². The standard InChI is InChI=1S/C23H34F4OSi/c1-2-3-4-11-29-12-9-18(10-13-29)16-5-7-17(8-6-16)19-14-20(24)22(21(25)15-19)28-23(26)27/h14-18,23,29H,2-13H2,1H3. The zero-order valence-corrected chi connectivity index (χ0v) is 18.6. The molecule has 1 heterocycles. The first-order valence-corrected chi connectivity index (χ1v) is 13.9. The molecule has 29 heavy (non-hydrogen) atoms. The lowest BCUT2D eigenvalue weighted by atomic mass is 9.72. The van der Waals surface area contributed by atoms with Crippen LogP contribution in [-0.4, -0.2) is 15.4 Å². The Hall–Kier alpha value is -1.04. The van der Waals surface area contributed by atoms with E-state index in [1.54, 1.807) is 0 Å². The van der Waals surface area contributed by atoms with Crippen LogP contribution in [0.3, 0.4) is 0 Å². The second kappa shape index (κ2) is 10.8. The monoisotopic (exact) mass is 430 g/mol. The van der Waals surface area contributed by atoms with Crippen molar-refractivity contribution in [3.8, 4) is 5.75 Å². The van der Waals surface area contributed by atoms with Crippen LogP contribution < -0.4 is 4.74 Å². The Bertz CT molecular complexity index is 615. The molecule has 0 amide bonds. The number of hydrogen-bond acceptors (Lipinski definition) is 1. The van der Waals surface area contributed by atoms with E-state index in [2.05, 4.69) is 11.7 Å². The van der Waals surface area contributed by atoms with E-state index in [0.29, 0.717) is 5.56 Å². The van der Waals surface area contributed by atoms with Gasteiger partial charge in [-0.2, -0.15) is 8.78 Å². The fourth-order valence-electron chi connectivity index (χ4n) is 5.57. The molecule has 0 atom stereocenters. The average molecular weight is 431 g/mol. The highest BCUT2D eigenvalue weighted by Crippen LogP contribution is 2.44. The SMILES string of the molecule is CCCCC[SiH]1CCC(C2CCC(c3cc(F)c(OC(F)F)c(F)c3)CC2)CC1. The smallest absolute Gasteiger partial charge is 0.387 e. The Morgan fingerprint density at radius 2 is 1.52 bits per heavy atom. The van der Waals surface area contributed by atoms with Crippen molar-refractivity contribution in [3.05, 3.63) is 29.3 Å². The average Bonchev–Trinajstić information content (AvgIpc) is 2.71. The molecule has 164 valence electrons. The van der Waals surface area contributed by atoms with Crippen LogP contribution in [0.5, 0.6) is 5.75 Å². The summed E-state index contributed by atoms with van der Waals surface area (Å²) in [6.07, 6.45) is 11.0. The summed E-state index contributed by atoms with van der Waals surface area (Å²) in [5.41, 5.74) is 0.576. The summed E-state index contributed by atoms with van der Waals surface area (Å²) < 4.78 is 56.7. The van der Waals surface area contributed by atoms with Gasteiger partial charge in [-0.15, -0.1) is 0 Å². The van der Waals surface area contributed by atoms with E-state index in [1.807, 2.05) is 0 Å². The van der Waals surface area contributed by atoms with E-state index >= 15 is 0 Å². The van der Waals surface area contributed by atoms with E-state index in [0.717, 1.165) is 37.5 Å². The Kier molecular flexibility index (Phi) is 8.45. The highest BCUT2D eigenvalue weighted by Gasteiger charge is 2.32. The van der Waals surface area contributed by atoms with Crippen LogP contribution in [0, 0.1) is 23.5 Å². The molecule has 1 nitrogen and oxygen atoms in total. The van der Waals surface area contributed by atoms with Gasteiger partial charge in [-0.3, -0.25) is 0 Å². The zero-order valence-electron chi connectivity index (χ0n) is 17.4. The van der Waals surface area contributed by atoms with Crippen LogP contribution in [0.15, 0.2) is 12.1 Å². The fraction of sp³-hybridized carbons (Fsp3) is 0.739. The summed E-state index contributed by atoms with van der Waals surface area (Å²) in [6, 6.07) is 6.88. The third-order valence-corrected chi connectivity index (χ3v) is 10.8. The summed E-state index contributed by atoms with van der Waals surface area (Å²) in [6.45, 7) is -0.964. The van der Waals surface area contributed by atoms with Crippen molar-refractivity contribution < 1.29 is 22.3 Å². The molecule has 1 aliphatic carbocycles. The van der Waals surface area contributed by atoms with Crippen LogP contribution in [-0.2, 0) is 0 Å². The number of alkyl halides is 2. The normalized spacial score (nSPS) is 27.9. The molecule has 0 bridgehead atoms. The maximum absolute atomic E-state index is 14.0. The Balaban J connectivity index is 1.48. The Morgan fingerprint density at radius 1 is 0.931 bits per heavy atom. The van der Waals surface area contributed by atoms with Gasteiger partial charge < -0.3 is 4.74 Å². The summed E-state index contributed by atoms with van der Waals surface area (Å²) >= 11 is 0. The number of unbranched alkanes of at least 4 members (excludes halogenated alkanes) is 2. The molecule has 1 aliphatic heterocycles. The van der Waals surface area contributed by atoms with Crippen LogP contribution >= 0.6 is 0 Å². The van der Waals surface area contributed by atoms with Gasteiger partial charge in [0.2, 0.25) is 0 Å². The van der Waals surface area contributed by atoms with Gasteiger partial charge in [0.15, 0.2) is 17.4 Å². The van der Waals surface area contributed by atoms with Gasteiger partial charge in [0.05, 0.1) is 0 Å². The van der Waals surface area contributed by atoms with E-state index < -0.39 is 32.8 Å². The molecule has 1 saturated heterocycles. The van der Waals surface area contributed by atoms with Crippen LogP contribution in [0.2, 0.25) is 18.1 Å². The van der Waals surface area contributed by atoms with Crippen LogP contribution in [0.4, 0.5) is 17.6 Å². The molecule has 0 spiro atoms. The van der Waals surface area contributed by atoms with Crippen molar-refractivity contribution in [2.45, 2.75) is 95.4 Å². The number of hydrogen-bond donors (Lipinski definition) is 0. The van der Waals surface area contributed by atoms with E-state index in [-0.39, 0.29) is 5.92 Å². The Labute approximate surface area is 173 Å². The molecule has 2 aliphatic rings. The predicted octanol–water partition coefficient (Wildman–Crippen LogP) is 7.67. The summed E-state index contributed by atoms with van der Waals surface area (Å²) in [5.74, 6) is -1.36. The lowest BCUT2D eigenvalue weighted by molar-refractivity contribution is -0.0546. The van der Waals surface area contributed by atoms with Gasteiger partial charge in [-0.25, -0.2) is 8.78 Å². The van der Waals surface area contributed by atoms with Crippen molar-refractivity contribution in [2.75, 3.05) is 0 Å². The minimum Gasteiger partial charge on any atom is -0.429 e. The lowest BCUT2D eigenvalue weighted by Gasteiger charge is -2.37. The van der Waals surface area contributed by atoms with Gasteiger partial charge in [0.1, 0.15) is 0 Å². The van der Waals surface area contributed by atoms with Crippen molar-refractivity contribution in [1.82, 2.24) is 0 Å². The Morgan fingerprint density at radius 3 is 2.07 bits per heavy atom. The van der Waals surface area contributed by atoms with Gasteiger partial charge in [0.25, 0.3) is 0 Å². The number of ether oxygens (including phenoxy) is 1. The zero-order chi connectivity index (χ0) is 20.8. The lowest BCUT2D eigenvalue weighted by Crippen LogP contribution is -2.28. The third kappa shape index (κ3) is 6.22. The molecule has 3 rings (SSSR count). The quantitative estimate of drug-likeness (QED) is 0.234. The van der Waals surface area contributed by atoms with Crippen molar-refractivity contribution in [3.63, 3.8) is 0 Å². The summed E-state index contributed by atoms with van der Waals surface area (Å²) in [5, 5.41) is 0. The second-order valence-corrected chi connectivity index (χ2v) is 12.5. The molecule has 0 radical (unpaired) electrons. The molecule has 0 N–H and O–H groups in total. The first kappa shape index (κ1) is 22.6. The van der Waals surface area contributed by atoms with E-state index in [1.165, 1.54) is 62.4 Å². The minimum absolute atomic E-state index is 0.107. The van der Waals surface area contributed by atoms with Crippen LogP contribution in [0.25, 0.3) is 0 Å². The first-order chi connectivity index (χ1) is 14.0. The van der Waals surface area contributed by atoms with Crippen LogP contribution in [0.1, 0.15) is 76.2 Å². The van der Waals surface area contributed by atoms with Gasteiger partial charge in [-0.1, -0.05) is 57.2 Å². The van der Waals surface area contributed by atoms with E-state index in [9.17, 15) is 17.6 Å². The number of rotatable bonds is 8. The maximum Gasteiger partial charge on any atom is 0.387 e. The van der Waals surface area contributed by atoms with Gasteiger partial charge >= 0.3 is 6.61 Å². The van der Waals surface area contributed by atoms with Crippen molar-refractivity contribution in [2.24, 2.45) is 11.8 Å². The van der Waals surface area contributed by atoms with Gasteiger partial charge in [-0.05, 0) is 61.1 Å². The molecule has 2 fully saturated rings. The molecule has 1 saturated carbocycles. The topological polar surface area (TPSA) is 9.23 Å². The summed E-state index contributed by atoms with van der Waals surface area (Å²) in [4.78, 5) is 0.